The molecule has 1 heterocycles. The quantitative estimate of drug-likeness (QED) is 0.851. The molecule has 0 atom stereocenters. The van der Waals surface area contributed by atoms with Crippen LogP contribution in [0.2, 0.25) is 0 Å². The number of sulfonamides is 1. The molecule has 3 N–H and O–H groups in total. The third kappa shape index (κ3) is 2.82. The lowest BCUT2D eigenvalue weighted by atomic mass is 9.95. The van der Waals surface area contributed by atoms with E-state index in [0.29, 0.717) is 12.1 Å². The minimum Gasteiger partial charge on any atom is -0.326 e. The van der Waals surface area contributed by atoms with Crippen LogP contribution in [0.3, 0.4) is 0 Å². The van der Waals surface area contributed by atoms with E-state index < -0.39 is 10.0 Å². The van der Waals surface area contributed by atoms with E-state index >= 15 is 0 Å². The zero-order valence-corrected chi connectivity index (χ0v) is 12.1. The zero-order valence-electron chi connectivity index (χ0n) is 11.3. The highest BCUT2D eigenvalue weighted by Crippen LogP contribution is 2.27. The van der Waals surface area contributed by atoms with Crippen LogP contribution in [-0.4, -0.2) is 35.5 Å². The fourth-order valence-corrected chi connectivity index (χ4v) is 4.59. The highest BCUT2D eigenvalue weighted by Gasteiger charge is 2.33. The molecule has 0 radical (unpaired) electrons. The van der Waals surface area contributed by atoms with Crippen molar-refractivity contribution in [2.45, 2.75) is 56.6 Å². The lowest BCUT2D eigenvalue weighted by molar-refractivity contribution is 0.260. The van der Waals surface area contributed by atoms with Gasteiger partial charge in [-0.2, -0.15) is 9.40 Å². The molecule has 19 heavy (non-hydrogen) atoms. The second kappa shape index (κ2) is 6.02. The number of hydrogen-bond donors (Lipinski definition) is 2. The number of nitrogens with zero attached hydrogens (tertiary/aromatic N) is 2. The zero-order chi connectivity index (χ0) is 13.9. The summed E-state index contributed by atoms with van der Waals surface area (Å²) >= 11 is 0. The van der Waals surface area contributed by atoms with Gasteiger partial charge in [-0.3, -0.25) is 5.10 Å². The number of H-pyrrole nitrogens is 1. The lowest BCUT2D eigenvalue weighted by Crippen LogP contribution is -2.41. The van der Waals surface area contributed by atoms with Crippen molar-refractivity contribution in [1.82, 2.24) is 14.5 Å². The summed E-state index contributed by atoms with van der Waals surface area (Å²) in [6.45, 7) is 2.54. The first-order chi connectivity index (χ1) is 9.11. The van der Waals surface area contributed by atoms with Gasteiger partial charge < -0.3 is 5.73 Å². The summed E-state index contributed by atoms with van der Waals surface area (Å²) in [4.78, 5) is 0. The molecule has 0 saturated heterocycles. The van der Waals surface area contributed by atoms with Crippen molar-refractivity contribution in [3.05, 3.63) is 11.8 Å². The van der Waals surface area contributed by atoms with Crippen LogP contribution in [0.25, 0.3) is 0 Å². The van der Waals surface area contributed by atoms with Crippen molar-refractivity contribution in [2.75, 3.05) is 6.54 Å². The first-order valence-corrected chi connectivity index (χ1v) is 8.29. The van der Waals surface area contributed by atoms with E-state index in [9.17, 15) is 8.42 Å². The van der Waals surface area contributed by atoms with Crippen LogP contribution in [0.1, 0.15) is 44.6 Å². The van der Waals surface area contributed by atoms with E-state index in [0.717, 1.165) is 25.7 Å². The molecule has 6 nitrogen and oxygen atoms in total. The van der Waals surface area contributed by atoms with Gasteiger partial charge in [0.1, 0.15) is 0 Å². The van der Waals surface area contributed by atoms with Gasteiger partial charge in [-0.05, 0) is 12.8 Å². The predicted molar refractivity (Wildman–Crippen MR) is 72.9 cm³/mol. The molecule has 1 aliphatic carbocycles. The molecular weight excluding hydrogens is 264 g/mol. The Labute approximate surface area is 114 Å². The van der Waals surface area contributed by atoms with Crippen LogP contribution in [0, 0.1) is 0 Å². The first-order valence-electron chi connectivity index (χ1n) is 6.85. The van der Waals surface area contributed by atoms with E-state index in [2.05, 4.69) is 10.2 Å². The molecule has 1 fully saturated rings. The van der Waals surface area contributed by atoms with Gasteiger partial charge in [0.2, 0.25) is 0 Å². The van der Waals surface area contributed by atoms with Gasteiger partial charge in [-0.1, -0.05) is 26.2 Å². The van der Waals surface area contributed by atoms with Crippen molar-refractivity contribution in [1.29, 1.82) is 0 Å². The Morgan fingerprint density at radius 2 is 2.11 bits per heavy atom. The van der Waals surface area contributed by atoms with Crippen molar-refractivity contribution < 1.29 is 8.42 Å². The Bertz CT molecular complexity index is 506. The summed E-state index contributed by atoms with van der Waals surface area (Å²) in [5.74, 6) is 0. The number of nitrogens with two attached hydrogens (primary N) is 1. The second-order valence-corrected chi connectivity index (χ2v) is 6.76. The summed E-state index contributed by atoms with van der Waals surface area (Å²) in [6.07, 6.45) is 6.78. The summed E-state index contributed by atoms with van der Waals surface area (Å²) in [5.41, 5.74) is 6.12. The maximum Gasteiger partial charge on any atom is 0.260 e. The van der Waals surface area contributed by atoms with Gasteiger partial charge in [-0.25, -0.2) is 8.42 Å². The van der Waals surface area contributed by atoms with Crippen molar-refractivity contribution in [3.8, 4) is 0 Å². The Morgan fingerprint density at radius 1 is 1.42 bits per heavy atom. The maximum atomic E-state index is 12.7. The minimum atomic E-state index is -3.51. The molecule has 1 saturated carbocycles. The first kappa shape index (κ1) is 14.5. The molecule has 0 aliphatic heterocycles. The van der Waals surface area contributed by atoms with Gasteiger partial charge in [-0.15, -0.1) is 0 Å². The summed E-state index contributed by atoms with van der Waals surface area (Å²) in [5, 5.41) is 6.56. The second-order valence-electron chi connectivity index (χ2n) is 4.93. The van der Waals surface area contributed by atoms with Crippen molar-refractivity contribution >= 4 is 10.0 Å². The Balaban J connectivity index is 2.30. The molecule has 1 aromatic rings. The van der Waals surface area contributed by atoms with E-state index in [-0.39, 0.29) is 17.6 Å². The van der Waals surface area contributed by atoms with Gasteiger partial charge in [0.05, 0.1) is 6.20 Å². The predicted octanol–water partition coefficient (Wildman–Crippen LogP) is 1.21. The van der Waals surface area contributed by atoms with Crippen LogP contribution in [-0.2, 0) is 16.6 Å². The molecule has 1 aromatic heterocycles. The van der Waals surface area contributed by atoms with Gasteiger partial charge in [0.25, 0.3) is 10.0 Å². The number of hydrogen-bond acceptors (Lipinski definition) is 4. The molecule has 0 aromatic carbocycles. The third-order valence-corrected chi connectivity index (χ3v) is 5.80. The molecule has 0 bridgehead atoms. The van der Waals surface area contributed by atoms with Gasteiger partial charge in [0.15, 0.2) is 5.03 Å². The van der Waals surface area contributed by atoms with Crippen molar-refractivity contribution in [3.63, 3.8) is 0 Å². The molecule has 7 heteroatoms. The van der Waals surface area contributed by atoms with Crippen molar-refractivity contribution in [2.24, 2.45) is 5.73 Å². The van der Waals surface area contributed by atoms with E-state index in [1.807, 2.05) is 6.92 Å². The average Bonchev–Trinajstić information content (AvgIpc) is 2.89. The van der Waals surface area contributed by atoms with Gasteiger partial charge >= 0.3 is 0 Å². The van der Waals surface area contributed by atoms with E-state index in [1.54, 1.807) is 4.31 Å². The summed E-state index contributed by atoms with van der Waals surface area (Å²) in [6, 6.07) is 0.109. The van der Waals surface area contributed by atoms with Crippen LogP contribution in [0.4, 0.5) is 0 Å². The number of aromatic nitrogens is 2. The summed E-state index contributed by atoms with van der Waals surface area (Å²) in [7, 11) is -3.51. The number of rotatable bonds is 5. The fourth-order valence-electron chi connectivity index (χ4n) is 2.78. The monoisotopic (exact) mass is 286 g/mol. The number of nitrogens with one attached hydrogen (secondary N) is 1. The normalized spacial score (nSPS) is 18.1. The highest BCUT2D eigenvalue weighted by molar-refractivity contribution is 7.89. The van der Waals surface area contributed by atoms with E-state index in [4.69, 9.17) is 5.73 Å². The highest BCUT2D eigenvalue weighted by atomic mass is 32.2. The molecule has 108 valence electrons. The van der Waals surface area contributed by atoms with Crippen LogP contribution in [0.15, 0.2) is 11.2 Å². The molecular formula is C12H22N4O2S. The lowest BCUT2D eigenvalue weighted by Gasteiger charge is -2.32. The Morgan fingerprint density at radius 3 is 2.68 bits per heavy atom. The molecule has 2 rings (SSSR count). The maximum absolute atomic E-state index is 12.7. The minimum absolute atomic E-state index is 0.109. The molecule has 0 unspecified atom stereocenters. The van der Waals surface area contributed by atoms with Gasteiger partial charge in [0, 0.05) is 24.7 Å². The van der Waals surface area contributed by atoms with Crippen LogP contribution in [0.5, 0.6) is 0 Å². The van der Waals surface area contributed by atoms with E-state index in [1.165, 1.54) is 12.6 Å². The summed E-state index contributed by atoms with van der Waals surface area (Å²) < 4.78 is 27.0. The number of aromatic amines is 1. The largest absolute Gasteiger partial charge is 0.326 e. The Hall–Kier alpha value is -0.920. The molecule has 1 aliphatic rings. The Kier molecular flexibility index (Phi) is 4.59. The standard InChI is InChI=1S/C12H22N4O2S/c1-2-16(11-6-4-3-5-7-11)19(17,18)12-10(8-13)9-14-15-12/h9,11H,2-8,13H2,1H3,(H,14,15). The van der Waals surface area contributed by atoms with Crippen LogP contribution < -0.4 is 5.73 Å². The topological polar surface area (TPSA) is 92.1 Å². The third-order valence-electron chi connectivity index (χ3n) is 3.76. The molecule has 0 spiro atoms. The average molecular weight is 286 g/mol. The fraction of sp³-hybridized carbons (Fsp3) is 0.750. The molecule has 0 amide bonds. The van der Waals surface area contributed by atoms with Crippen LogP contribution >= 0.6 is 0 Å². The SMILES string of the molecule is CCN(C1CCCCC1)S(=O)(=O)c1[nH]ncc1CN. The smallest absolute Gasteiger partial charge is 0.260 e.